The normalized spacial score (nSPS) is 19.1. The van der Waals surface area contributed by atoms with E-state index in [0.717, 1.165) is 24.2 Å². The highest BCUT2D eigenvalue weighted by Crippen LogP contribution is 2.42. The SMILES string of the molecule is Cc1c(C2(N)CCC2)oc2ccccc12. The molecule has 0 atom stereocenters. The average molecular weight is 201 g/mol. The van der Waals surface area contributed by atoms with E-state index in [1.807, 2.05) is 18.2 Å². The first-order chi connectivity index (χ1) is 7.21. The van der Waals surface area contributed by atoms with Gasteiger partial charge >= 0.3 is 0 Å². The van der Waals surface area contributed by atoms with Gasteiger partial charge in [-0.3, -0.25) is 0 Å². The van der Waals surface area contributed by atoms with E-state index in [4.69, 9.17) is 10.2 Å². The van der Waals surface area contributed by atoms with Crippen molar-refractivity contribution in [2.24, 2.45) is 5.73 Å². The van der Waals surface area contributed by atoms with Gasteiger partial charge in [-0.05, 0) is 32.3 Å². The molecule has 0 amide bonds. The standard InChI is InChI=1S/C13H15NO/c1-9-10-5-2-3-6-11(10)15-12(9)13(14)7-4-8-13/h2-3,5-6H,4,7-8,14H2,1H3. The van der Waals surface area contributed by atoms with Crippen molar-refractivity contribution in [2.45, 2.75) is 31.7 Å². The topological polar surface area (TPSA) is 39.2 Å². The first kappa shape index (κ1) is 8.98. The predicted octanol–water partition coefficient (Wildman–Crippen LogP) is 3.08. The van der Waals surface area contributed by atoms with E-state index in [2.05, 4.69) is 13.0 Å². The van der Waals surface area contributed by atoms with Crippen LogP contribution in [-0.4, -0.2) is 0 Å². The number of rotatable bonds is 1. The van der Waals surface area contributed by atoms with Gasteiger partial charge in [-0.25, -0.2) is 0 Å². The summed E-state index contributed by atoms with van der Waals surface area (Å²) in [6, 6.07) is 8.14. The van der Waals surface area contributed by atoms with Gasteiger partial charge in [0, 0.05) is 10.9 Å². The van der Waals surface area contributed by atoms with Crippen LogP contribution in [0.15, 0.2) is 28.7 Å². The molecule has 78 valence electrons. The Kier molecular flexibility index (Phi) is 1.71. The molecule has 0 aliphatic heterocycles. The van der Waals surface area contributed by atoms with E-state index in [1.165, 1.54) is 17.4 Å². The van der Waals surface area contributed by atoms with Crippen molar-refractivity contribution in [3.63, 3.8) is 0 Å². The van der Waals surface area contributed by atoms with Crippen LogP contribution < -0.4 is 5.73 Å². The lowest BCUT2D eigenvalue weighted by atomic mass is 9.75. The van der Waals surface area contributed by atoms with Crippen LogP contribution in [-0.2, 0) is 5.54 Å². The van der Waals surface area contributed by atoms with E-state index < -0.39 is 0 Å². The summed E-state index contributed by atoms with van der Waals surface area (Å²) in [6.07, 6.45) is 3.31. The van der Waals surface area contributed by atoms with Crippen LogP contribution in [0, 0.1) is 6.92 Å². The van der Waals surface area contributed by atoms with Gasteiger partial charge in [0.05, 0.1) is 5.54 Å². The molecule has 1 aliphatic rings. The lowest BCUT2D eigenvalue weighted by Crippen LogP contribution is -2.43. The molecule has 2 N–H and O–H groups in total. The van der Waals surface area contributed by atoms with Crippen LogP contribution in [0.4, 0.5) is 0 Å². The zero-order valence-corrected chi connectivity index (χ0v) is 8.92. The minimum atomic E-state index is -0.191. The third-order valence-corrected chi connectivity index (χ3v) is 3.54. The second kappa shape index (κ2) is 2.86. The van der Waals surface area contributed by atoms with Gasteiger partial charge in [-0.2, -0.15) is 0 Å². The first-order valence-corrected chi connectivity index (χ1v) is 5.48. The predicted molar refractivity (Wildman–Crippen MR) is 60.7 cm³/mol. The largest absolute Gasteiger partial charge is 0.459 e. The Hall–Kier alpha value is -1.28. The smallest absolute Gasteiger partial charge is 0.134 e. The molecular weight excluding hydrogens is 186 g/mol. The summed E-state index contributed by atoms with van der Waals surface area (Å²) >= 11 is 0. The number of benzene rings is 1. The van der Waals surface area contributed by atoms with Crippen LogP contribution in [0.2, 0.25) is 0 Å². The van der Waals surface area contributed by atoms with Crippen LogP contribution in [0.3, 0.4) is 0 Å². The van der Waals surface area contributed by atoms with E-state index in [9.17, 15) is 0 Å². The summed E-state index contributed by atoms with van der Waals surface area (Å²) in [5.74, 6) is 0.995. The zero-order valence-electron chi connectivity index (χ0n) is 8.92. The van der Waals surface area contributed by atoms with Crippen LogP contribution in [0.1, 0.15) is 30.6 Å². The molecule has 0 radical (unpaired) electrons. The summed E-state index contributed by atoms with van der Waals surface area (Å²) in [6.45, 7) is 2.11. The summed E-state index contributed by atoms with van der Waals surface area (Å²) in [4.78, 5) is 0. The fraction of sp³-hybridized carbons (Fsp3) is 0.385. The summed E-state index contributed by atoms with van der Waals surface area (Å²) in [5, 5.41) is 1.20. The fourth-order valence-electron chi connectivity index (χ4n) is 2.43. The molecule has 1 aromatic heterocycles. The van der Waals surface area contributed by atoms with Gasteiger partial charge in [0.15, 0.2) is 0 Å². The lowest BCUT2D eigenvalue weighted by Gasteiger charge is -2.36. The highest BCUT2D eigenvalue weighted by atomic mass is 16.3. The molecule has 0 saturated heterocycles. The molecule has 0 bridgehead atoms. The number of furan rings is 1. The van der Waals surface area contributed by atoms with Crippen molar-refractivity contribution >= 4 is 11.0 Å². The van der Waals surface area contributed by atoms with Crippen LogP contribution in [0.25, 0.3) is 11.0 Å². The number of aryl methyl sites for hydroxylation is 1. The maximum absolute atomic E-state index is 6.30. The lowest BCUT2D eigenvalue weighted by molar-refractivity contribution is 0.211. The van der Waals surface area contributed by atoms with Crippen LogP contribution >= 0.6 is 0 Å². The van der Waals surface area contributed by atoms with Crippen molar-refractivity contribution in [1.29, 1.82) is 0 Å². The van der Waals surface area contributed by atoms with Crippen molar-refractivity contribution in [1.82, 2.24) is 0 Å². The maximum atomic E-state index is 6.30. The Morgan fingerprint density at radius 1 is 1.27 bits per heavy atom. The zero-order chi connectivity index (χ0) is 10.5. The van der Waals surface area contributed by atoms with Crippen molar-refractivity contribution < 1.29 is 4.42 Å². The minimum absolute atomic E-state index is 0.191. The second-order valence-electron chi connectivity index (χ2n) is 4.56. The number of nitrogens with two attached hydrogens (primary N) is 1. The number of hydrogen-bond acceptors (Lipinski definition) is 2. The van der Waals surface area contributed by atoms with Crippen molar-refractivity contribution in [3.05, 3.63) is 35.6 Å². The Balaban J connectivity index is 2.23. The minimum Gasteiger partial charge on any atom is -0.459 e. The van der Waals surface area contributed by atoms with Gasteiger partial charge in [0.1, 0.15) is 11.3 Å². The molecule has 2 aromatic rings. The van der Waals surface area contributed by atoms with Gasteiger partial charge in [0.25, 0.3) is 0 Å². The molecule has 1 aromatic carbocycles. The Morgan fingerprint density at radius 3 is 2.60 bits per heavy atom. The van der Waals surface area contributed by atoms with Gasteiger partial charge in [0.2, 0.25) is 0 Å². The molecular formula is C13H15NO. The first-order valence-electron chi connectivity index (χ1n) is 5.48. The Bertz CT molecular complexity index is 508. The van der Waals surface area contributed by atoms with E-state index in [1.54, 1.807) is 0 Å². The molecule has 0 unspecified atom stereocenters. The molecule has 1 fully saturated rings. The summed E-state index contributed by atoms with van der Waals surface area (Å²) in [5.41, 5.74) is 8.28. The summed E-state index contributed by atoms with van der Waals surface area (Å²) < 4.78 is 5.88. The molecule has 2 heteroatoms. The van der Waals surface area contributed by atoms with Crippen LogP contribution in [0.5, 0.6) is 0 Å². The van der Waals surface area contributed by atoms with Crippen molar-refractivity contribution in [2.75, 3.05) is 0 Å². The molecule has 2 nitrogen and oxygen atoms in total. The molecule has 3 rings (SSSR count). The van der Waals surface area contributed by atoms with Crippen molar-refractivity contribution in [3.8, 4) is 0 Å². The number of hydrogen-bond donors (Lipinski definition) is 1. The molecule has 1 saturated carbocycles. The third kappa shape index (κ3) is 1.15. The number of para-hydroxylation sites is 1. The highest BCUT2D eigenvalue weighted by Gasteiger charge is 2.39. The van der Waals surface area contributed by atoms with Gasteiger partial charge in [-0.15, -0.1) is 0 Å². The summed E-state index contributed by atoms with van der Waals surface area (Å²) in [7, 11) is 0. The highest BCUT2D eigenvalue weighted by molar-refractivity contribution is 5.82. The quantitative estimate of drug-likeness (QED) is 0.770. The monoisotopic (exact) mass is 201 g/mol. The Labute approximate surface area is 89.1 Å². The second-order valence-corrected chi connectivity index (χ2v) is 4.56. The van der Waals surface area contributed by atoms with E-state index in [0.29, 0.717) is 0 Å². The molecule has 15 heavy (non-hydrogen) atoms. The van der Waals surface area contributed by atoms with Gasteiger partial charge < -0.3 is 10.2 Å². The maximum Gasteiger partial charge on any atom is 0.134 e. The molecule has 1 aliphatic carbocycles. The number of fused-ring (bicyclic) bond motifs is 1. The Morgan fingerprint density at radius 2 is 2.00 bits per heavy atom. The van der Waals surface area contributed by atoms with E-state index in [-0.39, 0.29) is 5.54 Å². The molecule has 0 spiro atoms. The average Bonchev–Trinajstić information content (AvgIpc) is 2.54. The van der Waals surface area contributed by atoms with Gasteiger partial charge in [-0.1, -0.05) is 18.2 Å². The third-order valence-electron chi connectivity index (χ3n) is 3.54. The molecule has 1 heterocycles. The van der Waals surface area contributed by atoms with E-state index >= 15 is 0 Å². The fourth-order valence-corrected chi connectivity index (χ4v) is 2.43.